The first-order valence-electron chi connectivity index (χ1n) is 13.4. The topological polar surface area (TPSA) is 80.2 Å². The molecular formula is C33H30BrFN2O4. The average Bonchev–Trinajstić information content (AvgIpc) is 3.37. The molecule has 0 aliphatic carbocycles. The van der Waals surface area contributed by atoms with E-state index >= 15 is 0 Å². The summed E-state index contributed by atoms with van der Waals surface area (Å²) in [6.07, 6.45) is 0.0693. The Kier molecular flexibility index (Phi) is 9.11. The number of aliphatic hydroxyl groups is 1. The summed E-state index contributed by atoms with van der Waals surface area (Å²) < 4.78 is 26.9. The molecule has 1 heterocycles. The number of nitrogens with one attached hydrogen (secondary N) is 1. The molecule has 0 radical (unpaired) electrons. The Bertz CT molecular complexity index is 1510. The van der Waals surface area contributed by atoms with Gasteiger partial charge in [0.25, 0.3) is 5.91 Å². The molecule has 0 spiro atoms. The summed E-state index contributed by atoms with van der Waals surface area (Å²) in [5.74, 6) is 0.302. The third kappa shape index (κ3) is 6.66. The molecule has 6 nitrogen and oxygen atoms in total. The van der Waals surface area contributed by atoms with Crippen molar-refractivity contribution in [2.45, 2.75) is 31.0 Å². The van der Waals surface area contributed by atoms with E-state index in [1.165, 1.54) is 12.1 Å². The van der Waals surface area contributed by atoms with Crippen LogP contribution < -0.4 is 10.1 Å². The second kappa shape index (κ2) is 13.1. The van der Waals surface area contributed by atoms with Crippen LogP contribution in [0.25, 0.3) is 0 Å². The van der Waals surface area contributed by atoms with Crippen molar-refractivity contribution in [3.05, 3.63) is 136 Å². The van der Waals surface area contributed by atoms with Gasteiger partial charge in [-0.25, -0.2) is 9.38 Å². The summed E-state index contributed by atoms with van der Waals surface area (Å²) in [6.45, 7) is 0.605. The van der Waals surface area contributed by atoms with Crippen molar-refractivity contribution in [2.75, 3.05) is 13.2 Å². The number of hydrogen-bond acceptors (Lipinski definition) is 5. The molecule has 41 heavy (non-hydrogen) atoms. The standard InChI is InChI=1S/C33H30BrFN2O4/c34-29-13-5-4-12-28(29)30-33(21-23-8-2-1-3-9-23,32(39)36-22-24-10-6-11-26(35)20-24)37-31(41-30)25-14-16-27(17-15-25)40-19-7-18-38/h1-6,8-17,20,30,38H,7,18-19,21-22H2,(H,36,39)/t30-,33-/m1/s1. The van der Waals surface area contributed by atoms with Gasteiger partial charge in [-0.15, -0.1) is 0 Å². The van der Waals surface area contributed by atoms with E-state index in [2.05, 4.69) is 21.2 Å². The lowest BCUT2D eigenvalue weighted by molar-refractivity contribution is -0.129. The normalized spacial score (nSPS) is 17.9. The van der Waals surface area contributed by atoms with Crippen LogP contribution in [-0.4, -0.2) is 35.7 Å². The molecule has 4 aromatic carbocycles. The molecule has 2 N–H and O–H groups in total. The molecule has 0 fully saturated rings. The van der Waals surface area contributed by atoms with Gasteiger partial charge in [-0.1, -0.05) is 76.6 Å². The molecule has 0 aromatic heterocycles. The monoisotopic (exact) mass is 616 g/mol. The van der Waals surface area contributed by atoms with Gasteiger partial charge in [0.15, 0.2) is 11.6 Å². The Morgan fingerprint density at radius 3 is 2.44 bits per heavy atom. The van der Waals surface area contributed by atoms with Gasteiger partial charge >= 0.3 is 0 Å². The van der Waals surface area contributed by atoms with Gasteiger partial charge in [-0.3, -0.25) is 4.79 Å². The van der Waals surface area contributed by atoms with Gasteiger partial charge < -0.3 is 19.9 Å². The Morgan fingerprint density at radius 1 is 0.976 bits per heavy atom. The number of rotatable bonds is 11. The van der Waals surface area contributed by atoms with Gasteiger partial charge in [0.2, 0.25) is 5.90 Å². The lowest BCUT2D eigenvalue weighted by Crippen LogP contribution is -2.49. The number of carbonyl (C=O) groups excluding carboxylic acids is 1. The molecular weight excluding hydrogens is 587 g/mol. The zero-order valence-corrected chi connectivity index (χ0v) is 23.9. The van der Waals surface area contributed by atoms with E-state index in [0.717, 1.165) is 15.6 Å². The SMILES string of the molecule is O=C(NCc1cccc(F)c1)[C@]1(Cc2ccccc2)N=C(c2ccc(OCCCO)cc2)O[C@@H]1c1ccccc1Br. The van der Waals surface area contributed by atoms with Crippen molar-refractivity contribution >= 4 is 27.7 Å². The van der Waals surface area contributed by atoms with Crippen LogP contribution in [0.3, 0.4) is 0 Å². The molecule has 0 saturated heterocycles. The maximum atomic E-state index is 14.3. The highest BCUT2D eigenvalue weighted by Gasteiger charge is 2.53. The first-order valence-corrected chi connectivity index (χ1v) is 14.2. The van der Waals surface area contributed by atoms with Crippen molar-refractivity contribution in [3.63, 3.8) is 0 Å². The van der Waals surface area contributed by atoms with Gasteiger partial charge in [0.1, 0.15) is 11.6 Å². The van der Waals surface area contributed by atoms with Gasteiger partial charge in [0.05, 0.1) is 6.61 Å². The second-order valence-electron chi connectivity index (χ2n) is 9.79. The van der Waals surface area contributed by atoms with Gasteiger partial charge in [-0.05, 0) is 53.6 Å². The van der Waals surface area contributed by atoms with Gasteiger partial charge in [0, 0.05) is 41.6 Å². The van der Waals surface area contributed by atoms with Crippen molar-refractivity contribution in [1.82, 2.24) is 5.32 Å². The molecule has 210 valence electrons. The molecule has 0 bridgehead atoms. The smallest absolute Gasteiger partial charge is 0.252 e. The second-order valence-corrected chi connectivity index (χ2v) is 10.6. The van der Waals surface area contributed by atoms with Crippen molar-refractivity contribution < 1.29 is 23.8 Å². The van der Waals surface area contributed by atoms with Crippen molar-refractivity contribution in [3.8, 4) is 5.75 Å². The predicted octanol–water partition coefficient (Wildman–Crippen LogP) is 6.17. The molecule has 2 atom stereocenters. The number of ether oxygens (including phenoxy) is 2. The zero-order chi connectivity index (χ0) is 28.7. The van der Waals surface area contributed by atoms with E-state index in [9.17, 15) is 9.18 Å². The van der Waals surface area contributed by atoms with Crippen LogP contribution in [0.4, 0.5) is 4.39 Å². The van der Waals surface area contributed by atoms with Crippen molar-refractivity contribution in [2.24, 2.45) is 4.99 Å². The average molecular weight is 618 g/mol. The number of aliphatic imine (C=N–C) groups is 1. The van der Waals surface area contributed by atoms with E-state index in [-0.39, 0.29) is 31.3 Å². The maximum absolute atomic E-state index is 14.3. The largest absolute Gasteiger partial charge is 0.494 e. The molecule has 0 unspecified atom stereocenters. The number of nitrogens with zero attached hydrogens (tertiary/aromatic N) is 1. The third-order valence-electron chi connectivity index (χ3n) is 6.88. The Balaban J connectivity index is 1.55. The molecule has 1 aliphatic heterocycles. The fourth-order valence-corrected chi connectivity index (χ4v) is 5.33. The van der Waals surface area contributed by atoms with E-state index in [4.69, 9.17) is 19.6 Å². The lowest BCUT2D eigenvalue weighted by atomic mass is 9.82. The van der Waals surface area contributed by atoms with Crippen LogP contribution in [0.1, 0.15) is 34.8 Å². The Labute approximate surface area is 247 Å². The van der Waals surface area contributed by atoms with E-state index < -0.39 is 11.6 Å². The fourth-order valence-electron chi connectivity index (χ4n) is 4.84. The van der Waals surface area contributed by atoms with Crippen LogP contribution >= 0.6 is 15.9 Å². The Morgan fingerprint density at radius 2 is 1.71 bits per heavy atom. The van der Waals surface area contributed by atoms with E-state index in [1.54, 1.807) is 12.1 Å². The minimum atomic E-state index is -1.36. The van der Waals surface area contributed by atoms with Crippen LogP contribution in [0.2, 0.25) is 0 Å². The molecule has 1 amide bonds. The minimum Gasteiger partial charge on any atom is -0.494 e. The fraction of sp³-hybridized carbons (Fsp3) is 0.212. The van der Waals surface area contributed by atoms with Crippen LogP contribution in [-0.2, 0) is 22.5 Å². The molecule has 8 heteroatoms. The highest BCUT2D eigenvalue weighted by atomic mass is 79.9. The maximum Gasteiger partial charge on any atom is 0.252 e. The Hall–Kier alpha value is -4.01. The minimum absolute atomic E-state index is 0.0595. The first-order chi connectivity index (χ1) is 20.0. The zero-order valence-electron chi connectivity index (χ0n) is 22.3. The van der Waals surface area contributed by atoms with Crippen molar-refractivity contribution in [1.29, 1.82) is 0 Å². The summed E-state index contributed by atoms with van der Waals surface area (Å²) in [6, 6.07) is 30.8. The third-order valence-corrected chi connectivity index (χ3v) is 7.60. The number of hydrogen-bond donors (Lipinski definition) is 2. The predicted molar refractivity (Wildman–Crippen MR) is 159 cm³/mol. The quantitative estimate of drug-likeness (QED) is 0.198. The number of halogens is 2. The highest BCUT2D eigenvalue weighted by Crippen LogP contribution is 2.44. The molecule has 1 aliphatic rings. The van der Waals surface area contributed by atoms with Crippen LogP contribution in [0, 0.1) is 5.82 Å². The first kappa shape index (κ1) is 28.5. The van der Waals surface area contributed by atoms with E-state index in [1.807, 2.05) is 78.9 Å². The molecule has 0 saturated carbocycles. The van der Waals surface area contributed by atoms with Gasteiger partial charge in [-0.2, -0.15) is 0 Å². The summed E-state index contributed by atoms with van der Waals surface area (Å²) in [4.78, 5) is 19.3. The number of aliphatic hydroxyl groups excluding tert-OH is 1. The molecule has 4 aromatic rings. The van der Waals surface area contributed by atoms with Crippen LogP contribution in [0.5, 0.6) is 5.75 Å². The summed E-state index contributed by atoms with van der Waals surface area (Å²) in [5, 5.41) is 12.0. The summed E-state index contributed by atoms with van der Waals surface area (Å²) >= 11 is 3.65. The summed E-state index contributed by atoms with van der Waals surface area (Å²) in [5.41, 5.74) is 1.69. The highest BCUT2D eigenvalue weighted by molar-refractivity contribution is 9.10. The number of carbonyl (C=O) groups is 1. The summed E-state index contributed by atoms with van der Waals surface area (Å²) in [7, 11) is 0. The van der Waals surface area contributed by atoms with E-state index in [0.29, 0.717) is 35.8 Å². The van der Waals surface area contributed by atoms with Crippen LogP contribution in [0.15, 0.2) is 113 Å². The number of amides is 1. The lowest BCUT2D eigenvalue weighted by Gasteiger charge is -2.31. The number of benzene rings is 4. The molecule has 5 rings (SSSR count).